The minimum Gasteiger partial charge on any atom is -0.358 e. The maximum atomic E-state index is 4.70. The molecule has 0 fully saturated rings. The van der Waals surface area contributed by atoms with Crippen molar-refractivity contribution >= 4 is 17.5 Å². The Morgan fingerprint density at radius 3 is 2.48 bits per heavy atom. The summed E-state index contributed by atoms with van der Waals surface area (Å²) in [5.41, 5.74) is 2.31. The molecule has 25 heavy (non-hydrogen) atoms. The van der Waals surface area contributed by atoms with Gasteiger partial charge in [-0.3, -0.25) is 4.98 Å². The van der Waals surface area contributed by atoms with Gasteiger partial charge >= 0.3 is 0 Å². The molecule has 6 heteroatoms. The van der Waals surface area contributed by atoms with Crippen LogP contribution < -0.4 is 9.80 Å². The number of benzene rings is 1. The molecule has 0 unspecified atom stereocenters. The summed E-state index contributed by atoms with van der Waals surface area (Å²) in [7, 11) is 2.02. The maximum absolute atomic E-state index is 4.70. The van der Waals surface area contributed by atoms with E-state index < -0.39 is 0 Å². The molecule has 3 rings (SSSR count). The average Bonchev–Trinajstić information content (AvgIpc) is 2.69. The second-order valence-corrected chi connectivity index (χ2v) is 5.72. The zero-order valence-electron chi connectivity index (χ0n) is 14.6. The van der Waals surface area contributed by atoms with Gasteiger partial charge in [0, 0.05) is 38.2 Å². The number of para-hydroxylation sites is 1. The van der Waals surface area contributed by atoms with Gasteiger partial charge in [0.2, 0.25) is 0 Å². The van der Waals surface area contributed by atoms with Crippen LogP contribution >= 0.6 is 0 Å². The molecule has 0 atom stereocenters. The highest BCUT2D eigenvalue weighted by Gasteiger charge is 2.13. The van der Waals surface area contributed by atoms with Gasteiger partial charge in [-0.1, -0.05) is 18.2 Å². The van der Waals surface area contributed by atoms with Crippen LogP contribution in [-0.2, 0) is 6.42 Å². The Hall–Kier alpha value is -3.02. The van der Waals surface area contributed by atoms with E-state index >= 15 is 0 Å². The molecule has 6 nitrogen and oxygen atoms in total. The van der Waals surface area contributed by atoms with Crippen molar-refractivity contribution in [2.45, 2.75) is 13.3 Å². The van der Waals surface area contributed by atoms with Crippen LogP contribution in [-0.4, -0.2) is 40.3 Å². The van der Waals surface area contributed by atoms with Gasteiger partial charge in [-0.2, -0.15) is 10.1 Å². The summed E-state index contributed by atoms with van der Waals surface area (Å²) in [4.78, 5) is 12.9. The highest BCUT2D eigenvalue weighted by atomic mass is 15.3. The van der Waals surface area contributed by atoms with Crippen molar-refractivity contribution in [3.63, 3.8) is 0 Å². The lowest BCUT2D eigenvalue weighted by atomic mass is 10.2. The Balaban J connectivity index is 1.74. The van der Waals surface area contributed by atoms with Crippen molar-refractivity contribution in [2.75, 3.05) is 29.9 Å². The third-order valence-electron chi connectivity index (χ3n) is 4.04. The minimum atomic E-state index is 0.613. The first kappa shape index (κ1) is 16.8. The molecule has 0 saturated heterocycles. The predicted octanol–water partition coefficient (Wildman–Crippen LogP) is 3.10. The number of aromatic nitrogens is 4. The summed E-state index contributed by atoms with van der Waals surface area (Å²) in [6.45, 7) is 3.70. The summed E-state index contributed by atoms with van der Waals surface area (Å²) in [6, 6.07) is 14.2. The molecule has 0 bridgehead atoms. The molecule has 128 valence electrons. The van der Waals surface area contributed by atoms with Gasteiger partial charge in [-0.25, -0.2) is 0 Å². The zero-order valence-corrected chi connectivity index (χ0v) is 14.6. The van der Waals surface area contributed by atoms with Gasteiger partial charge in [0.1, 0.15) is 0 Å². The summed E-state index contributed by atoms with van der Waals surface area (Å²) >= 11 is 0. The predicted molar refractivity (Wildman–Crippen MR) is 100 cm³/mol. The van der Waals surface area contributed by atoms with Gasteiger partial charge in [0.15, 0.2) is 5.82 Å². The first-order valence-corrected chi connectivity index (χ1v) is 8.40. The Morgan fingerprint density at radius 1 is 1.00 bits per heavy atom. The fraction of sp³-hybridized carbons (Fsp3) is 0.263. The molecule has 0 aliphatic rings. The molecule has 0 N–H and O–H groups in total. The number of pyridine rings is 1. The molecule has 3 aromatic rings. The Labute approximate surface area is 148 Å². The first-order chi connectivity index (χ1) is 12.3. The number of hydrogen-bond donors (Lipinski definition) is 0. The van der Waals surface area contributed by atoms with Crippen molar-refractivity contribution in [3.05, 3.63) is 66.6 Å². The van der Waals surface area contributed by atoms with E-state index in [2.05, 4.69) is 27.0 Å². The molecule has 2 heterocycles. The van der Waals surface area contributed by atoms with Crippen molar-refractivity contribution in [1.82, 2.24) is 20.2 Å². The highest BCUT2D eigenvalue weighted by molar-refractivity contribution is 5.57. The van der Waals surface area contributed by atoms with E-state index in [-0.39, 0.29) is 0 Å². The van der Waals surface area contributed by atoms with Crippen LogP contribution in [0.5, 0.6) is 0 Å². The van der Waals surface area contributed by atoms with Crippen LogP contribution in [0.15, 0.2) is 61.1 Å². The van der Waals surface area contributed by atoms with Crippen LogP contribution in [0.25, 0.3) is 0 Å². The monoisotopic (exact) mass is 334 g/mol. The third kappa shape index (κ3) is 4.29. The lowest BCUT2D eigenvalue weighted by Gasteiger charge is -2.23. The topological polar surface area (TPSA) is 58.0 Å². The lowest BCUT2D eigenvalue weighted by Crippen LogP contribution is -2.24. The largest absolute Gasteiger partial charge is 0.358 e. The number of nitrogens with zero attached hydrogens (tertiary/aromatic N) is 6. The Morgan fingerprint density at radius 2 is 1.76 bits per heavy atom. The Bertz CT molecular complexity index is 778. The molecular weight excluding hydrogens is 312 g/mol. The summed E-state index contributed by atoms with van der Waals surface area (Å²) < 4.78 is 0. The molecule has 2 aromatic heterocycles. The molecule has 0 aliphatic carbocycles. The van der Waals surface area contributed by atoms with Crippen LogP contribution in [0.3, 0.4) is 0 Å². The van der Waals surface area contributed by atoms with Crippen LogP contribution in [0.2, 0.25) is 0 Å². The second-order valence-electron chi connectivity index (χ2n) is 5.72. The fourth-order valence-corrected chi connectivity index (χ4v) is 2.59. The average molecular weight is 334 g/mol. The SMILES string of the molecule is CCN(c1ccccc1)c1nncc(N(C)CCc2ccncc2)n1. The van der Waals surface area contributed by atoms with E-state index in [1.54, 1.807) is 6.20 Å². The smallest absolute Gasteiger partial charge is 0.251 e. The molecular formula is C19H22N6. The lowest BCUT2D eigenvalue weighted by molar-refractivity contribution is 0.822. The molecule has 0 saturated carbocycles. The van der Waals surface area contributed by atoms with Crippen LogP contribution in [0.4, 0.5) is 17.5 Å². The van der Waals surface area contributed by atoms with Gasteiger partial charge in [0.25, 0.3) is 5.95 Å². The van der Waals surface area contributed by atoms with E-state index in [4.69, 9.17) is 4.98 Å². The van der Waals surface area contributed by atoms with E-state index in [0.717, 1.165) is 31.0 Å². The van der Waals surface area contributed by atoms with E-state index in [9.17, 15) is 0 Å². The summed E-state index contributed by atoms with van der Waals surface area (Å²) in [5, 5.41) is 8.37. The molecule has 0 amide bonds. The quantitative estimate of drug-likeness (QED) is 0.662. The maximum Gasteiger partial charge on any atom is 0.251 e. The van der Waals surface area contributed by atoms with Crippen LogP contribution in [0, 0.1) is 0 Å². The number of anilines is 3. The fourth-order valence-electron chi connectivity index (χ4n) is 2.59. The van der Waals surface area contributed by atoms with E-state index in [1.165, 1.54) is 5.56 Å². The third-order valence-corrected chi connectivity index (χ3v) is 4.04. The first-order valence-electron chi connectivity index (χ1n) is 8.40. The zero-order chi connectivity index (χ0) is 17.5. The van der Waals surface area contributed by atoms with Crippen LogP contribution in [0.1, 0.15) is 12.5 Å². The molecule has 1 aromatic carbocycles. The highest BCUT2D eigenvalue weighted by Crippen LogP contribution is 2.22. The van der Waals surface area contributed by atoms with Crippen molar-refractivity contribution < 1.29 is 0 Å². The van der Waals surface area contributed by atoms with Gasteiger partial charge < -0.3 is 9.80 Å². The van der Waals surface area contributed by atoms with E-state index in [0.29, 0.717) is 5.95 Å². The second kappa shape index (κ2) is 8.19. The normalized spacial score (nSPS) is 10.5. The van der Waals surface area contributed by atoms with Gasteiger partial charge in [0.05, 0.1) is 6.20 Å². The van der Waals surface area contributed by atoms with Crippen molar-refractivity contribution in [2.24, 2.45) is 0 Å². The number of rotatable bonds is 7. The molecule has 0 aliphatic heterocycles. The summed E-state index contributed by atoms with van der Waals surface area (Å²) in [5.74, 6) is 1.43. The molecule has 0 radical (unpaired) electrons. The van der Waals surface area contributed by atoms with E-state index in [1.807, 2.05) is 66.8 Å². The van der Waals surface area contributed by atoms with Crippen molar-refractivity contribution in [3.8, 4) is 0 Å². The van der Waals surface area contributed by atoms with Gasteiger partial charge in [-0.15, -0.1) is 5.10 Å². The standard InChI is InChI=1S/C19H22N6/c1-3-25(17-7-5-4-6-8-17)19-22-18(15-21-23-19)24(2)14-11-16-9-12-20-13-10-16/h4-10,12-13,15H,3,11,14H2,1-2H3. The van der Waals surface area contributed by atoms with Crippen molar-refractivity contribution in [1.29, 1.82) is 0 Å². The summed E-state index contributed by atoms with van der Waals surface area (Å²) in [6.07, 6.45) is 6.26. The van der Waals surface area contributed by atoms with Gasteiger partial charge in [-0.05, 0) is 43.2 Å². The number of likely N-dealkylation sites (N-methyl/N-ethyl adjacent to an activating group) is 1. The Kier molecular flexibility index (Phi) is 5.51. The number of hydrogen-bond acceptors (Lipinski definition) is 6. The molecule has 0 spiro atoms. The minimum absolute atomic E-state index is 0.613.